The van der Waals surface area contributed by atoms with Crippen molar-refractivity contribution < 1.29 is 24.2 Å². The van der Waals surface area contributed by atoms with Crippen molar-refractivity contribution >= 4 is 11.9 Å². The lowest BCUT2D eigenvalue weighted by atomic mass is 10.1. The van der Waals surface area contributed by atoms with Crippen LogP contribution in [-0.4, -0.2) is 41.3 Å². The molecule has 2 aliphatic heterocycles. The van der Waals surface area contributed by atoms with E-state index in [1.54, 1.807) is 12.2 Å². The molecule has 1 N–H and O–H groups in total. The van der Waals surface area contributed by atoms with Gasteiger partial charge in [-0.05, 0) is 24.1 Å². The number of carbonyl (C=O) groups excluding carboxylic acids is 1. The zero-order chi connectivity index (χ0) is 14.8. The molecule has 1 amide bonds. The lowest BCUT2D eigenvalue weighted by Crippen LogP contribution is -2.40. The molecule has 0 spiro atoms. The first-order valence-corrected chi connectivity index (χ1v) is 6.72. The summed E-state index contributed by atoms with van der Waals surface area (Å²) in [6.07, 6.45) is 4.06. The number of ether oxygens (including phenoxy) is 2. The van der Waals surface area contributed by atoms with E-state index in [2.05, 4.69) is 0 Å². The van der Waals surface area contributed by atoms with Gasteiger partial charge in [0.15, 0.2) is 11.5 Å². The molecule has 3 rings (SSSR count). The fourth-order valence-electron chi connectivity index (χ4n) is 2.48. The number of rotatable bonds is 4. The van der Waals surface area contributed by atoms with Crippen LogP contribution in [0.1, 0.15) is 12.0 Å². The standard InChI is InChI=1S/C15H15NO5/c17-14(16-7-1-2-11(16)15(18)19)6-4-10-3-5-12-13(8-10)21-9-20-12/h1-3,5,8,11H,4,6-7,9H2,(H,18,19)/t11-/m0/s1. The van der Waals surface area contributed by atoms with Crippen molar-refractivity contribution in [2.45, 2.75) is 18.9 Å². The van der Waals surface area contributed by atoms with E-state index in [0.29, 0.717) is 24.5 Å². The molecule has 6 heteroatoms. The van der Waals surface area contributed by atoms with Gasteiger partial charge in [0.05, 0.1) is 0 Å². The molecule has 0 fully saturated rings. The van der Waals surface area contributed by atoms with Crippen LogP contribution in [0.25, 0.3) is 0 Å². The maximum Gasteiger partial charge on any atom is 0.330 e. The monoisotopic (exact) mass is 289 g/mol. The number of hydrogen-bond acceptors (Lipinski definition) is 4. The van der Waals surface area contributed by atoms with Crippen molar-refractivity contribution in [1.82, 2.24) is 4.90 Å². The molecule has 21 heavy (non-hydrogen) atoms. The van der Waals surface area contributed by atoms with E-state index in [-0.39, 0.29) is 19.1 Å². The first-order chi connectivity index (χ1) is 10.1. The zero-order valence-electron chi connectivity index (χ0n) is 11.3. The van der Waals surface area contributed by atoms with Crippen LogP contribution in [0.2, 0.25) is 0 Å². The number of carbonyl (C=O) groups is 2. The summed E-state index contributed by atoms with van der Waals surface area (Å²) < 4.78 is 10.5. The van der Waals surface area contributed by atoms with Crippen molar-refractivity contribution in [3.63, 3.8) is 0 Å². The summed E-state index contributed by atoms with van der Waals surface area (Å²) in [7, 11) is 0. The van der Waals surface area contributed by atoms with E-state index >= 15 is 0 Å². The molecule has 110 valence electrons. The Hall–Kier alpha value is -2.50. The highest BCUT2D eigenvalue weighted by Gasteiger charge is 2.29. The number of carboxylic acid groups (broad SMARTS) is 1. The minimum Gasteiger partial charge on any atom is -0.479 e. The molecule has 0 aliphatic carbocycles. The first kappa shape index (κ1) is 13.5. The van der Waals surface area contributed by atoms with Crippen molar-refractivity contribution in [1.29, 1.82) is 0 Å². The number of aliphatic carboxylic acids is 1. The third-order valence-corrected chi connectivity index (χ3v) is 3.59. The molecule has 0 radical (unpaired) electrons. The molecule has 1 aromatic carbocycles. The molecule has 6 nitrogen and oxygen atoms in total. The maximum absolute atomic E-state index is 12.1. The Labute approximate surface area is 121 Å². The number of benzene rings is 1. The summed E-state index contributed by atoms with van der Waals surface area (Å²) in [6, 6.07) is 4.72. The second-order valence-electron chi connectivity index (χ2n) is 4.94. The van der Waals surface area contributed by atoms with Crippen LogP contribution in [0.5, 0.6) is 11.5 Å². The fraction of sp³-hybridized carbons (Fsp3) is 0.333. The van der Waals surface area contributed by atoms with E-state index in [1.165, 1.54) is 4.90 Å². The van der Waals surface area contributed by atoms with Crippen LogP contribution in [0.3, 0.4) is 0 Å². The number of nitrogens with zero attached hydrogens (tertiary/aromatic N) is 1. The third kappa shape index (κ3) is 2.69. The highest BCUT2D eigenvalue weighted by molar-refractivity contribution is 5.86. The molecule has 0 unspecified atom stereocenters. The minimum atomic E-state index is -1.000. The van der Waals surface area contributed by atoms with Crippen LogP contribution in [0, 0.1) is 0 Å². The molecule has 0 aromatic heterocycles. The van der Waals surface area contributed by atoms with Crippen molar-refractivity contribution in [2.24, 2.45) is 0 Å². The Morgan fingerprint density at radius 1 is 1.29 bits per heavy atom. The maximum atomic E-state index is 12.1. The van der Waals surface area contributed by atoms with Gasteiger partial charge in [-0.1, -0.05) is 18.2 Å². The molecular weight excluding hydrogens is 274 g/mol. The number of amides is 1. The van der Waals surface area contributed by atoms with Crippen LogP contribution in [0.4, 0.5) is 0 Å². The Morgan fingerprint density at radius 3 is 2.90 bits per heavy atom. The normalized spacial score (nSPS) is 19.0. The van der Waals surface area contributed by atoms with Gasteiger partial charge in [-0.3, -0.25) is 4.79 Å². The summed E-state index contributed by atoms with van der Waals surface area (Å²) in [5.41, 5.74) is 0.964. The SMILES string of the molecule is O=C(O)[C@@H]1C=CCN1C(=O)CCc1ccc2c(c1)OCO2. The molecule has 2 heterocycles. The Kier molecular flexibility index (Phi) is 3.51. The van der Waals surface area contributed by atoms with E-state index in [9.17, 15) is 9.59 Å². The molecule has 1 aromatic rings. The lowest BCUT2D eigenvalue weighted by Gasteiger charge is -2.21. The first-order valence-electron chi connectivity index (χ1n) is 6.72. The van der Waals surface area contributed by atoms with Crippen molar-refractivity contribution in [3.05, 3.63) is 35.9 Å². The molecule has 1 atom stereocenters. The van der Waals surface area contributed by atoms with Gasteiger partial charge in [-0.2, -0.15) is 0 Å². The average molecular weight is 289 g/mol. The van der Waals surface area contributed by atoms with E-state index < -0.39 is 12.0 Å². The summed E-state index contributed by atoms with van der Waals surface area (Å²) in [4.78, 5) is 24.5. The Morgan fingerprint density at radius 2 is 2.10 bits per heavy atom. The Bertz CT molecular complexity index is 610. The van der Waals surface area contributed by atoms with Gasteiger partial charge in [0.25, 0.3) is 0 Å². The number of carboxylic acids is 1. The number of fused-ring (bicyclic) bond motifs is 1. The van der Waals surface area contributed by atoms with Gasteiger partial charge in [0.1, 0.15) is 6.04 Å². The van der Waals surface area contributed by atoms with Gasteiger partial charge >= 0.3 is 5.97 Å². The van der Waals surface area contributed by atoms with Crippen LogP contribution < -0.4 is 9.47 Å². The predicted octanol–water partition coefficient (Wildman–Crippen LogP) is 1.20. The van der Waals surface area contributed by atoms with E-state index in [1.807, 2.05) is 18.2 Å². The summed E-state index contributed by atoms with van der Waals surface area (Å²) in [5, 5.41) is 9.05. The van der Waals surface area contributed by atoms with Gasteiger partial charge < -0.3 is 19.5 Å². The van der Waals surface area contributed by atoms with Crippen LogP contribution >= 0.6 is 0 Å². The predicted molar refractivity (Wildman–Crippen MR) is 73.2 cm³/mol. The van der Waals surface area contributed by atoms with Gasteiger partial charge in [0, 0.05) is 13.0 Å². The molecule has 2 aliphatic rings. The second-order valence-corrected chi connectivity index (χ2v) is 4.94. The smallest absolute Gasteiger partial charge is 0.330 e. The topological polar surface area (TPSA) is 76.1 Å². The fourth-order valence-corrected chi connectivity index (χ4v) is 2.48. The van der Waals surface area contributed by atoms with Crippen molar-refractivity contribution in [3.8, 4) is 11.5 Å². The van der Waals surface area contributed by atoms with Crippen LogP contribution in [0.15, 0.2) is 30.4 Å². The third-order valence-electron chi connectivity index (χ3n) is 3.59. The zero-order valence-corrected chi connectivity index (χ0v) is 11.3. The number of aryl methyl sites for hydroxylation is 1. The second kappa shape index (κ2) is 5.47. The molecule has 0 saturated heterocycles. The minimum absolute atomic E-state index is 0.162. The molecule has 0 saturated carbocycles. The van der Waals surface area contributed by atoms with Crippen molar-refractivity contribution in [2.75, 3.05) is 13.3 Å². The largest absolute Gasteiger partial charge is 0.479 e. The lowest BCUT2D eigenvalue weighted by molar-refractivity contribution is -0.146. The van der Waals surface area contributed by atoms with Gasteiger partial charge in [0.2, 0.25) is 12.7 Å². The highest BCUT2D eigenvalue weighted by atomic mass is 16.7. The highest BCUT2D eigenvalue weighted by Crippen LogP contribution is 2.32. The van der Waals surface area contributed by atoms with Gasteiger partial charge in [-0.15, -0.1) is 0 Å². The number of hydrogen-bond donors (Lipinski definition) is 1. The average Bonchev–Trinajstić information content (AvgIpc) is 3.12. The molecule has 0 bridgehead atoms. The molecular formula is C15H15NO5. The Balaban J connectivity index is 1.60. The van der Waals surface area contributed by atoms with Gasteiger partial charge in [-0.25, -0.2) is 4.79 Å². The summed E-state index contributed by atoms with van der Waals surface area (Å²) >= 11 is 0. The summed E-state index contributed by atoms with van der Waals surface area (Å²) in [5.74, 6) is 0.233. The quantitative estimate of drug-likeness (QED) is 0.843. The summed E-state index contributed by atoms with van der Waals surface area (Å²) in [6.45, 7) is 0.578. The van der Waals surface area contributed by atoms with Crippen LogP contribution in [-0.2, 0) is 16.0 Å². The van der Waals surface area contributed by atoms with E-state index in [0.717, 1.165) is 5.56 Å². The van der Waals surface area contributed by atoms with E-state index in [4.69, 9.17) is 14.6 Å².